The first-order valence-corrected chi connectivity index (χ1v) is 4.38. The Kier molecular flexibility index (Phi) is 1.89. The van der Waals surface area contributed by atoms with Crippen molar-refractivity contribution in [3.63, 3.8) is 0 Å². The fourth-order valence-electron chi connectivity index (χ4n) is 1.42. The summed E-state index contributed by atoms with van der Waals surface area (Å²) in [4.78, 5) is 3.25. The Morgan fingerprint density at radius 2 is 1.85 bits per heavy atom. The number of aromatic nitrogens is 2. The second-order valence-electron chi connectivity index (χ2n) is 3.20. The molecular weight excluding hydrogens is 160 g/mol. The monoisotopic (exact) mass is 173 g/mol. The van der Waals surface area contributed by atoms with E-state index >= 15 is 0 Å². The summed E-state index contributed by atoms with van der Waals surface area (Å²) in [7, 11) is 2.06. The predicted octanol–water partition coefficient (Wildman–Crippen LogP) is 1.81. The van der Waals surface area contributed by atoms with Crippen molar-refractivity contribution in [2.45, 2.75) is 6.92 Å². The number of aryl methyl sites for hydroxylation is 1. The normalized spacial score (nSPS) is 10.3. The zero-order valence-electron chi connectivity index (χ0n) is 7.91. The van der Waals surface area contributed by atoms with Gasteiger partial charge in [-0.2, -0.15) is 0 Å². The second kappa shape index (κ2) is 3.05. The van der Waals surface area contributed by atoms with Crippen molar-refractivity contribution >= 4 is 0 Å². The van der Waals surface area contributed by atoms with Gasteiger partial charge in [0.25, 0.3) is 5.82 Å². The maximum atomic E-state index is 3.25. The van der Waals surface area contributed by atoms with Crippen LogP contribution in [0.2, 0.25) is 0 Å². The van der Waals surface area contributed by atoms with Crippen molar-refractivity contribution in [1.82, 2.24) is 4.98 Å². The van der Waals surface area contributed by atoms with E-state index in [1.54, 1.807) is 0 Å². The van der Waals surface area contributed by atoms with E-state index in [0.29, 0.717) is 0 Å². The molecule has 2 nitrogen and oxygen atoms in total. The van der Waals surface area contributed by atoms with Gasteiger partial charge in [-0.25, -0.2) is 9.55 Å². The van der Waals surface area contributed by atoms with E-state index in [-0.39, 0.29) is 0 Å². The first-order chi connectivity index (χ1) is 6.29. The lowest BCUT2D eigenvalue weighted by Crippen LogP contribution is -2.31. The third-order valence-corrected chi connectivity index (χ3v) is 2.33. The lowest BCUT2D eigenvalue weighted by molar-refractivity contribution is -0.665. The van der Waals surface area contributed by atoms with Crippen LogP contribution < -0.4 is 4.57 Å². The molecule has 0 bridgehead atoms. The van der Waals surface area contributed by atoms with E-state index in [2.05, 4.69) is 35.7 Å². The molecule has 2 rings (SSSR count). The molecule has 2 aromatic rings. The van der Waals surface area contributed by atoms with Crippen LogP contribution in [-0.4, -0.2) is 4.98 Å². The minimum absolute atomic E-state index is 1.15. The Balaban J connectivity index is 2.53. The lowest BCUT2D eigenvalue weighted by atomic mass is 10.2. The topological polar surface area (TPSA) is 19.7 Å². The summed E-state index contributed by atoms with van der Waals surface area (Å²) in [6.45, 7) is 2.09. The van der Waals surface area contributed by atoms with E-state index in [4.69, 9.17) is 0 Å². The van der Waals surface area contributed by atoms with Crippen molar-refractivity contribution in [3.05, 3.63) is 42.2 Å². The molecule has 13 heavy (non-hydrogen) atoms. The fraction of sp³-hybridized carbons (Fsp3) is 0.182. The second-order valence-corrected chi connectivity index (χ2v) is 3.20. The van der Waals surface area contributed by atoms with Gasteiger partial charge in [-0.15, -0.1) is 0 Å². The molecule has 0 aliphatic heterocycles. The Hall–Kier alpha value is -1.57. The van der Waals surface area contributed by atoms with Gasteiger partial charge in [-0.1, -0.05) is 18.2 Å². The number of benzene rings is 1. The standard InChI is InChI=1S/C11H12N2/c1-9-8-12-11(13(9)2)10-6-4-3-5-7-10/h3-8H,1-2H3/p+1. The van der Waals surface area contributed by atoms with Crippen LogP contribution in [0, 0.1) is 6.92 Å². The number of H-pyrrole nitrogens is 1. The number of aromatic amines is 1. The first kappa shape index (κ1) is 8.05. The van der Waals surface area contributed by atoms with Crippen molar-refractivity contribution in [1.29, 1.82) is 0 Å². The average Bonchev–Trinajstić information content (AvgIpc) is 2.49. The van der Waals surface area contributed by atoms with E-state index < -0.39 is 0 Å². The van der Waals surface area contributed by atoms with Gasteiger partial charge in [0, 0.05) is 6.92 Å². The molecule has 0 aliphatic carbocycles. The maximum Gasteiger partial charge on any atom is 0.286 e. The fourth-order valence-corrected chi connectivity index (χ4v) is 1.42. The molecular formula is C11H13N2+. The maximum absolute atomic E-state index is 3.25. The van der Waals surface area contributed by atoms with Gasteiger partial charge in [-0.3, -0.25) is 0 Å². The smallest absolute Gasteiger partial charge is 0.243 e. The largest absolute Gasteiger partial charge is 0.286 e. The van der Waals surface area contributed by atoms with Crippen LogP contribution in [0.5, 0.6) is 0 Å². The summed E-state index contributed by atoms with van der Waals surface area (Å²) in [6.07, 6.45) is 2.02. The van der Waals surface area contributed by atoms with E-state index in [1.165, 1.54) is 11.3 Å². The number of rotatable bonds is 1. The summed E-state index contributed by atoms with van der Waals surface area (Å²) in [6, 6.07) is 10.3. The number of hydrogen-bond acceptors (Lipinski definition) is 0. The first-order valence-electron chi connectivity index (χ1n) is 4.38. The Labute approximate surface area is 77.9 Å². The molecule has 1 aromatic heterocycles. The van der Waals surface area contributed by atoms with Crippen LogP contribution in [0.15, 0.2) is 36.5 Å². The number of nitrogens with zero attached hydrogens (tertiary/aromatic N) is 1. The minimum Gasteiger partial charge on any atom is -0.243 e. The van der Waals surface area contributed by atoms with E-state index in [9.17, 15) is 0 Å². The van der Waals surface area contributed by atoms with Crippen molar-refractivity contribution in [3.8, 4) is 11.4 Å². The van der Waals surface area contributed by atoms with Gasteiger partial charge in [0.2, 0.25) is 0 Å². The third-order valence-electron chi connectivity index (χ3n) is 2.33. The molecule has 2 heteroatoms. The zero-order chi connectivity index (χ0) is 9.26. The van der Waals surface area contributed by atoms with E-state index in [0.717, 1.165) is 5.82 Å². The van der Waals surface area contributed by atoms with Gasteiger partial charge in [0.15, 0.2) is 0 Å². The summed E-state index contributed by atoms with van der Waals surface area (Å²) in [5.41, 5.74) is 2.46. The van der Waals surface area contributed by atoms with Crippen molar-refractivity contribution in [2.24, 2.45) is 7.05 Å². The van der Waals surface area contributed by atoms with Gasteiger partial charge in [0.05, 0.1) is 12.6 Å². The Bertz CT molecular complexity index is 401. The van der Waals surface area contributed by atoms with Crippen LogP contribution in [0.3, 0.4) is 0 Å². The molecule has 0 saturated heterocycles. The van der Waals surface area contributed by atoms with Crippen LogP contribution in [0.1, 0.15) is 5.69 Å². The van der Waals surface area contributed by atoms with Gasteiger partial charge in [-0.05, 0) is 12.1 Å². The lowest BCUT2D eigenvalue weighted by Gasteiger charge is -1.94. The number of hydrogen-bond donors (Lipinski definition) is 1. The molecule has 0 atom stereocenters. The molecule has 0 aliphatic rings. The van der Waals surface area contributed by atoms with Crippen LogP contribution >= 0.6 is 0 Å². The molecule has 0 saturated carbocycles. The van der Waals surface area contributed by atoms with Gasteiger partial charge >= 0.3 is 0 Å². The van der Waals surface area contributed by atoms with Crippen LogP contribution in [0.4, 0.5) is 0 Å². The highest BCUT2D eigenvalue weighted by Gasteiger charge is 2.11. The van der Waals surface area contributed by atoms with Crippen molar-refractivity contribution < 1.29 is 4.57 Å². The predicted molar refractivity (Wildman–Crippen MR) is 52.1 cm³/mol. The summed E-state index contributed by atoms with van der Waals surface area (Å²) in [5.74, 6) is 1.15. The molecule has 66 valence electrons. The molecule has 0 radical (unpaired) electrons. The number of imidazole rings is 1. The molecule has 1 aromatic carbocycles. The average molecular weight is 173 g/mol. The van der Waals surface area contributed by atoms with E-state index in [1.807, 2.05) is 24.4 Å². The molecule has 0 spiro atoms. The Morgan fingerprint density at radius 1 is 1.15 bits per heavy atom. The highest BCUT2D eigenvalue weighted by molar-refractivity contribution is 5.51. The zero-order valence-corrected chi connectivity index (χ0v) is 7.91. The van der Waals surface area contributed by atoms with Crippen LogP contribution in [-0.2, 0) is 7.05 Å². The van der Waals surface area contributed by atoms with Gasteiger partial charge < -0.3 is 0 Å². The SMILES string of the molecule is Cc1c[nH]c(-c2ccccc2)[n+]1C. The molecule has 1 heterocycles. The Morgan fingerprint density at radius 3 is 2.38 bits per heavy atom. The summed E-state index contributed by atoms with van der Waals surface area (Å²) >= 11 is 0. The summed E-state index contributed by atoms with van der Waals surface area (Å²) in [5, 5.41) is 0. The van der Waals surface area contributed by atoms with Crippen molar-refractivity contribution in [2.75, 3.05) is 0 Å². The molecule has 0 fully saturated rings. The molecule has 1 N–H and O–H groups in total. The quantitative estimate of drug-likeness (QED) is 0.635. The summed E-state index contributed by atoms with van der Waals surface area (Å²) < 4.78 is 2.15. The highest BCUT2D eigenvalue weighted by Crippen LogP contribution is 2.11. The number of nitrogens with one attached hydrogen (secondary N) is 1. The third kappa shape index (κ3) is 1.35. The molecule has 0 unspecified atom stereocenters. The van der Waals surface area contributed by atoms with Crippen LogP contribution in [0.25, 0.3) is 11.4 Å². The highest BCUT2D eigenvalue weighted by atomic mass is 15.1. The molecule has 0 amide bonds. The minimum atomic E-state index is 1.15. The van der Waals surface area contributed by atoms with Gasteiger partial charge in [0.1, 0.15) is 11.9 Å².